The van der Waals surface area contributed by atoms with Crippen molar-refractivity contribution in [2.75, 3.05) is 18.4 Å². The number of halogens is 1. The highest BCUT2D eigenvalue weighted by Crippen LogP contribution is 2.19. The van der Waals surface area contributed by atoms with Crippen molar-refractivity contribution in [3.05, 3.63) is 16.8 Å². The molecule has 0 radical (unpaired) electrons. The molecule has 1 aromatic rings. The van der Waals surface area contributed by atoms with E-state index in [1.54, 1.807) is 17.0 Å². The van der Waals surface area contributed by atoms with E-state index in [0.29, 0.717) is 10.6 Å². The summed E-state index contributed by atoms with van der Waals surface area (Å²) >= 11 is 3.17. The molecule has 1 N–H and O–H groups in total. The van der Waals surface area contributed by atoms with Gasteiger partial charge < -0.3 is 9.32 Å². The molecule has 76 valence electrons. The number of anilines is 1. The molecular formula is C9H11BrN2O2. The third-order valence-electron chi connectivity index (χ3n) is 2.20. The first-order valence-corrected chi connectivity index (χ1v) is 5.36. The van der Waals surface area contributed by atoms with E-state index in [4.69, 9.17) is 4.42 Å². The summed E-state index contributed by atoms with van der Waals surface area (Å²) in [5.74, 6) is 0.480. The Morgan fingerprint density at radius 1 is 1.43 bits per heavy atom. The van der Waals surface area contributed by atoms with Gasteiger partial charge in [-0.2, -0.15) is 0 Å². The van der Waals surface area contributed by atoms with Crippen molar-refractivity contribution >= 4 is 27.8 Å². The maximum Gasteiger partial charge on any atom is 0.324 e. The average Bonchev–Trinajstić information content (AvgIpc) is 2.75. The monoisotopic (exact) mass is 258 g/mol. The molecule has 0 aromatic carbocycles. The van der Waals surface area contributed by atoms with Gasteiger partial charge in [0.1, 0.15) is 0 Å². The van der Waals surface area contributed by atoms with E-state index in [9.17, 15) is 4.79 Å². The second kappa shape index (κ2) is 4.04. The summed E-state index contributed by atoms with van der Waals surface area (Å²) in [5.41, 5.74) is 0. The molecule has 1 aliphatic rings. The number of rotatable bonds is 1. The largest absolute Gasteiger partial charge is 0.434 e. The number of urea groups is 1. The minimum atomic E-state index is -0.0793. The topological polar surface area (TPSA) is 45.5 Å². The summed E-state index contributed by atoms with van der Waals surface area (Å²) in [6.07, 6.45) is 2.19. The minimum absolute atomic E-state index is 0.0793. The lowest BCUT2D eigenvalue weighted by molar-refractivity contribution is 0.222. The Hall–Kier alpha value is -0.970. The van der Waals surface area contributed by atoms with E-state index in [0.717, 1.165) is 25.9 Å². The number of furan rings is 1. The molecule has 1 saturated heterocycles. The molecule has 0 unspecified atom stereocenters. The molecule has 0 aliphatic carbocycles. The molecule has 0 spiro atoms. The zero-order valence-electron chi connectivity index (χ0n) is 7.62. The summed E-state index contributed by atoms with van der Waals surface area (Å²) in [4.78, 5) is 13.4. The Labute approximate surface area is 90.4 Å². The molecule has 2 rings (SSSR count). The second-order valence-corrected chi connectivity index (χ2v) is 4.01. The van der Waals surface area contributed by atoms with Crippen LogP contribution in [0.4, 0.5) is 10.7 Å². The van der Waals surface area contributed by atoms with Gasteiger partial charge >= 0.3 is 6.03 Å². The summed E-state index contributed by atoms with van der Waals surface area (Å²) in [5, 5.41) is 2.70. The first kappa shape index (κ1) is 9.58. The van der Waals surface area contributed by atoms with Crippen LogP contribution in [0.2, 0.25) is 0 Å². The van der Waals surface area contributed by atoms with Gasteiger partial charge in [-0.1, -0.05) is 0 Å². The van der Waals surface area contributed by atoms with Crippen molar-refractivity contribution in [3.8, 4) is 0 Å². The lowest BCUT2D eigenvalue weighted by Gasteiger charge is -2.14. The van der Waals surface area contributed by atoms with E-state index in [1.165, 1.54) is 0 Å². The Balaban J connectivity index is 1.93. The number of amides is 2. The molecule has 1 aliphatic heterocycles. The molecule has 0 bridgehead atoms. The predicted octanol–water partition coefficient (Wildman–Crippen LogP) is 2.67. The smallest absolute Gasteiger partial charge is 0.324 e. The number of hydrogen-bond donors (Lipinski definition) is 1. The number of nitrogens with one attached hydrogen (secondary N) is 1. The zero-order valence-corrected chi connectivity index (χ0v) is 9.21. The molecule has 14 heavy (non-hydrogen) atoms. The van der Waals surface area contributed by atoms with Gasteiger partial charge in [-0.05, 0) is 34.8 Å². The van der Waals surface area contributed by atoms with Gasteiger partial charge in [-0.3, -0.25) is 5.32 Å². The summed E-state index contributed by atoms with van der Waals surface area (Å²) < 4.78 is 5.79. The van der Waals surface area contributed by atoms with Crippen LogP contribution in [0, 0.1) is 0 Å². The van der Waals surface area contributed by atoms with E-state index in [1.807, 2.05) is 0 Å². The maximum absolute atomic E-state index is 11.6. The van der Waals surface area contributed by atoms with Crippen LogP contribution in [0.5, 0.6) is 0 Å². The minimum Gasteiger partial charge on any atom is -0.434 e. The second-order valence-electron chi connectivity index (χ2n) is 3.23. The fraction of sp³-hybridized carbons (Fsp3) is 0.444. The Morgan fingerprint density at radius 2 is 2.14 bits per heavy atom. The van der Waals surface area contributed by atoms with Gasteiger partial charge in [0.25, 0.3) is 0 Å². The van der Waals surface area contributed by atoms with Crippen LogP contribution >= 0.6 is 15.9 Å². The van der Waals surface area contributed by atoms with Crippen LogP contribution in [-0.4, -0.2) is 24.0 Å². The molecule has 2 heterocycles. The van der Waals surface area contributed by atoms with Crippen LogP contribution in [0.25, 0.3) is 0 Å². The van der Waals surface area contributed by atoms with Gasteiger partial charge in [0.05, 0.1) is 0 Å². The Morgan fingerprint density at radius 3 is 2.71 bits per heavy atom. The van der Waals surface area contributed by atoms with E-state index in [2.05, 4.69) is 21.2 Å². The van der Waals surface area contributed by atoms with Crippen molar-refractivity contribution in [1.29, 1.82) is 0 Å². The van der Waals surface area contributed by atoms with E-state index >= 15 is 0 Å². The van der Waals surface area contributed by atoms with Gasteiger partial charge in [-0.25, -0.2) is 4.79 Å². The predicted molar refractivity (Wildman–Crippen MR) is 56.2 cm³/mol. The average molecular weight is 259 g/mol. The van der Waals surface area contributed by atoms with Gasteiger partial charge in [-0.15, -0.1) is 0 Å². The zero-order chi connectivity index (χ0) is 9.97. The quantitative estimate of drug-likeness (QED) is 0.842. The summed E-state index contributed by atoms with van der Waals surface area (Å²) in [6.45, 7) is 1.68. The standard InChI is InChI=1S/C9H11BrN2O2/c10-7-3-4-8(14-7)11-9(13)12-5-1-2-6-12/h3-4H,1-2,5-6H2,(H,11,13). The molecular weight excluding hydrogens is 248 g/mol. The Kier molecular flexibility index (Phi) is 2.77. The summed E-state index contributed by atoms with van der Waals surface area (Å²) in [6, 6.07) is 3.39. The molecule has 1 fully saturated rings. The van der Waals surface area contributed by atoms with Crippen molar-refractivity contribution < 1.29 is 9.21 Å². The molecule has 0 saturated carbocycles. The maximum atomic E-state index is 11.6. The van der Waals surface area contributed by atoms with Crippen LogP contribution in [0.15, 0.2) is 21.2 Å². The SMILES string of the molecule is O=C(Nc1ccc(Br)o1)N1CCCC1. The molecule has 2 amide bonds. The van der Waals surface area contributed by atoms with Crippen LogP contribution in [0.1, 0.15) is 12.8 Å². The highest BCUT2D eigenvalue weighted by atomic mass is 79.9. The third-order valence-corrected chi connectivity index (χ3v) is 2.62. The van der Waals surface area contributed by atoms with Crippen LogP contribution < -0.4 is 5.32 Å². The summed E-state index contributed by atoms with van der Waals surface area (Å²) in [7, 11) is 0. The molecule has 4 nitrogen and oxygen atoms in total. The fourth-order valence-corrected chi connectivity index (χ4v) is 1.79. The first-order chi connectivity index (χ1) is 6.75. The highest BCUT2D eigenvalue weighted by molar-refractivity contribution is 9.10. The number of carbonyl (C=O) groups excluding carboxylic acids is 1. The lowest BCUT2D eigenvalue weighted by atomic mass is 10.4. The molecule has 0 atom stereocenters. The molecule has 1 aromatic heterocycles. The number of carbonyl (C=O) groups is 1. The van der Waals surface area contributed by atoms with Crippen molar-refractivity contribution in [2.24, 2.45) is 0 Å². The lowest BCUT2D eigenvalue weighted by Crippen LogP contribution is -2.31. The number of likely N-dealkylation sites (tertiary alicyclic amines) is 1. The highest BCUT2D eigenvalue weighted by Gasteiger charge is 2.18. The fourth-order valence-electron chi connectivity index (χ4n) is 1.49. The van der Waals surface area contributed by atoms with Gasteiger partial charge in [0.15, 0.2) is 4.67 Å². The first-order valence-electron chi connectivity index (χ1n) is 4.57. The van der Waals surface area contributed by atoms with E-state index in [-0.39, 0.29) is 6.03 Å². The van der Waals surface area contributed by atoms with Crippen molar-refractivity contribution in [1.82, 2.24) is 4.90 Å². The molecule has 5 heteroatoms. The van der Waals surface area contributed by atoms with Gasteiger partial charge in [0, 0.05) is 19.2 Å². The van der Waals surface area contributed by atoms with Crippen molar-refractivity contribution in [2.45, 2.75) is 12.8 Å². The van der Waals surface area contributed by atoms with Gasteiger partial charge in [0.2, 0.25) is 5.88 Å². The number of nitrogens with zero attached hydrogens (tertiary/aromatic N) is 1. The third kappa shape index (κ3) is 2.09. The Bertz CT molecular complexity index is 331. The normalized spacial score (nSPS) is 15.9. The van der Waals surface area contributed by atoms with E-state index < -0.39 is 0 Å². The van der Waals surface area contributed by atoms with Crippen LogP contribution in [-0.2, 0) is 0 Å². The van der Waals surface area contributed by atoms with Crippen LogP contribution in [0.3, 0.4) is 0 Å². The number of hydrogen-bond acceptors (Lipinski definition) is 2. The van der Waals surface area contributed by atoms with Crippen molar-refractivity contribution in [3.63, 3.8) is 0 Å².